The minimum absolute atomic E-state index is 0.157. The molecule has 0 radical (unpaired) electrons. The number of pyridine rings is 2. The molecule has 8 nitrogen and oxygen atoms in total. The molecule has 0 unspecified atom stereocenters. The fraction of sp³-hybridized carbons (Fsp3) is 0.0508. The lowest BCUT2D eigenvalue weighted by Gasteiger charge is -2.22. The van der Waals surface area contributed by atoms with E-state index in [9.17, 15) is 0 Å². The zero-order valence-corrected chi connectivity index (χ0v) is 69.8. The van der Waals surface area contributed by atoms with Gasteiger partial charge in [-0.05, 0) is 217 Å². The SMILES string of the molecule is CC1(C)c2ccccc2-c2cc3c(-c4cc(-c5ccccc5)cc(-c5nc(-c6ccc7ccccc7c6)nc(-c6ccc7ccccc7c6)n5)c4)cc(-c4ccccc4)nc3cc21.CC1(C)c2ccccc2-c2cc3c(-c4cc(-c5ccccc5)cc(-c5nc(-c6cccc7ccccc67)nc(-c6cccc7ccccc67)n5)c4)cc(-c4ccccc4)nc3cc21. The predicted octanol–water partition coefficient (Wildman–Crippen LogP) is 30.1. The number of nitrogens with zero attached hydrogens (tertiary/aromatic N) is 8. The van der Waals surface area contributed by atoms with Gasteiger partial charge in [0.15, 0.2) is 34.9 Å². The van der Waals surface area contributed by atoms with Crippen LogP contribution < -0.4 is 0 Å². The lowest BCUT2D eigenvalue weighted by Crippen LogP contribution is -2.14. The van der Waals surface area contributed by atoms with Crippen LogP contribution in [0.1, 0.15) is 49.9 Å². The van der Waals surface area contributed by atoms with Crippen LogP contribution in [0.2, 0.25) is 0 Å². The van der Waals surface area contributed by atoms with E-state index >= 15 is 0 Å². The van der Waals surface area contributed by atoms with Crippen LogP contribution >= 0.6 is 0 Å². The second-order valence-corrected chi connectivity index (χ2v) is 34.1. The molecule has 0 bridgehead atoms. The quantitative estimate of drug-likeness (QED) is 0.119. The molecule has 0 fully saturated rings. The van der Waals surface area contributed by atoms with E-state index in [-0.39, 0.29) is 10.8 Å². The average Bonchev–Trinajstić information content (AvgIpc) is 1.54. The molecule has 0 saturated carbocycles. The maximum atomic E-state index is 5.41. The van der Waals surface area contributed by atoms with Crippen LogP contribution in [0.4, 0.5) is 0 Å². The molecule has 2 aliphatic rings. The van der Waals surface area contributed by atoms with Crippen LogP contribution in [0.3, 0.4) is 0 Å². The molecule has 4 aromatic heterocycles. The fourth-order valence-corrected chi connectivity index (χ4v) is 19.3. The Morgan fingerprint density at radius 1 is 0.151 bits per heavy atom. The van der Waals surface area contributed by atoms with Gasteiger partial charge in [0, 0.05) is 66.1 Å². The minimum Gasteiger partial charge on any atom is -0.248 e. The summed E-state index contributed by atoms with van der Waals surface area (Å²) in [7, 11) is 0. The summed E-state index contributed by atoms with van der Waals surface area (Å²) in [6.45, 7) is 9.31. The van der Waals surface area contributed by atoms with Gasteiger partial charge in [0.2, 0.25) is 0 Å². The van der Waals surface area contributed by atoms with Crippen LogP contribution in [-0.4, -0.2) is 39.9 Å². The first-order valence-corrected chi connectivity index (χ1v) is 43.1. The summed E-state index contributed by atoms with van der Waals surface area (Å²) in [6, 6.07) is 147. The highest BCUT2D eigenvalue weighted by Crippen LogP contribution is 2.54. The first-order valence-electron chi connectivity index (χ1n) is 43.1. The van der Waals surface area contributed by atoms with Gasteiger partial charge in [0.1, 0.15) is 0 Å². The van der Waals surface area contributed by atoms with E-state index in [1.807, 2.05) is 0 Å². The number of hydrogen-bond donors (Lipinski definition) is 0. The van der Waals surface area contributed by atoms with Gasteiger partial charge in [-0.3, -0.25) is 0 Å². The Balaban J connectivity index is 0.000000145. The number of hydrogen-bond acceptors (Lipinski definition) is 8. The second kappa shape index (κ2) is 30.5. The van der Waals surface area contributed by atoms with Crippen molar-refractivity contribution in [3.05, 3.63) is 435 Å². The van der Waals surface area contributed by atoms with Gasteiger partial charge in [-0.15, -0.1) is 0 Å². The molecule has 4 heterocycles. The van der Waals surface area contributed by atoms with Gasteiger partial charge < -0.3 is 0 Å². The Bertz CT molecular complexity index is 7940. The van der Waals surface area contributed by atoms with E-state index in [1.54, 1.807) is 0 Å². The number of rotatable bonds is 12. The van der Waals surface area contributed by atoms with Crippen molar-refractivity contribution in [2.75, 3.05) is 0 Å². The maximum Gasteiger partial charge on any atom is 0.164 e. The highest BCUT2D eigenvalue weighted by atomic mass is 15.0. The third kappa shape index (κ3) is 13.3. The summed E-state index contributed by atoms with van der Waals surface area (Å²) >= 11 is 0. The van der Waals surface area contributed by atoms with Gasteiger partial charge in [0.25, 0.3) is 0 Å². The Labute approximate surface area is 730 Å². The van der Waals surface area contributed by atoms with Crippen LogP contribution in [0.25, 0.3) is 222 Å². The molecule has 0 N–H and O–H groups in total. The largest absolute Gasteiger partial charge is 0.248 e. The molecule has 24 rings (SSSR count). The molecule has 592 valence electrons. The van der Waals surface area contributed by atoms with E-state index in [0.29, 0.717) is 34.9 Å². The van der Waals surface area contributed by atoms with E-state index in [2.05, 4.69) is 440 Å². The molecule has 22 aromatic rings. The van der Waals surface area contributed by atoms with Crippen molar-refractivity contribution in [3.63, 3.8) is 0 Å². The number of benzene rings is 18. The van der Waals surface area contributed by atoms with E-state index in [1.165, 1.54) is 55.3 Å². The van der Waals surface area contributed by atoms with Gasteiger partial charge >= 0.3 is 0 Å². The summed E-state index contributed by atoms with van der Waals surface area (Å²) in [6.07, 6.45) is 0. The van der Waals surface area contributed by atoms with Gasteiger partial charge in [-0.1, -0.05) is 355 Å². The first kappa shape index (κ1) is 74.9. The normalized spacial score (nSPS) is 12.7. The zero-order valence-electron chi connectivity index (χ0n) is 69.8. The second-order valence-electron chi connectivity index (χ2n) is 34.1. The number of aromatic nitrogens is 8. The first-order chi connectivity index (χ1) is 61.9. The number of fused-ring (bicyclic) bond motifs is 12. The molecule has 0 amide bonds. The van der Waals surface area contributed by atoms with Crippen molar-refractivity contribution in [1.82, 2.24) is 39.9 Å². The van der Waals surface area contributed by atoms with Crippen LogP contribution in [-0.2, 0) is 10.8 Å². The van der Waals surface area contributed by atoms with Crippen molar-refractivity contribution >= 4 is 64.9 Å². The molecule has 0 aliphatic heterocycles. The van der Waals surface area contributed by atoms with E-state index in [0.717, 1.165) is 155 Å². The molecule has 0 spiro atoms. The Morgan fingerprint density at radius 3 is 0.881 bits per heavy atom. The zero-order chi connectivity index (χ0) is 84.1. The Hall–Kier alpha value is -16.2. The van der Waals surface area contributed by atoms with Crippen molar-refractivity contribution < 1.29 is 0 Å². The molecule has 0 saturated heterocycles. The minimum atomic E-state index is -0.159. The standard InChI is InChI=1S/2C59H40N4/c1-59(2)52-30-14-13-27-46(52)50-34-51-49(35-54(40-21-7-4-8-22-40)60-55(51)36-53(50)59)42-31-41(37-17-5-3-6-18-37)32-43(33-42)56-61-57(47-28-15-23-38-19-9-11-25-44(38)47)63-58(62-56)48-29-16-24-39-20-10-12-26-45(39)48;1-59(2)52-24-14-13-23-48(52)50-34-51-49(35-54(40-19-7-4-8-20-40)60-55(51)36-53(50)59)46-31-45(37-15-5-3-6-16-37)32-47(33-46)58-62-56(43-27-25-38-17-9-11-21-41(38)29-43)61-57(63-58)44-28-26-39-18-10-12-22-42(39)30-44/h2*3-36H,1-2H3. The van der Waals surface area contributed by atoms with Crippen LogP contribution in [0.15, 0.2) is 413 Å². The summed E-state index contributed by atoms with van der Waals surface area (Å²) in [5.41, 5.74) is 30.2. The lowest BCUT2D eigenvalue weighted by atomic mass is 9.82. The molecule has 8 heteroatoms. The third-order valence-electron chi connectivity index (χ3n) is 25.7. The van der Waals surface area contributed by atoms with Crippen molar-refractivity contribution in [2.45, 2.75) is 38.5 Å². The average molecular weight is 1610 g/mol. The molecule has 0 atom stereocenters. The summed E-state index contributed by atoms with van der Waals surface area (Å²) in [5.74, 6) is 3.71. The Kier molecular flexibility index (Phi) is 18.1. The lowest BCUT2D eigenvalue weighted by molar-refractivity contribution is 0.661. The van der Waals surface area contributed by atoms with Gasteiger partial charge in [0.05, 0.1) is 22.4 Å². The van der Waals surface area contributed by atoms with Gasteiger partial charge in [-0.2, -0.15) is 0 Å². The molecule has 126 heavy (non-hydrogen) atoms. The van der Waals surface area contributed by atoms with Crippen LogP contribution in [0, 0.1) is 0 Å². The summed E-state index contributed by atoms with van der Waals surface area (Å²) in [5, 5.41) is 11.2. The predicted molar refractivity (Wildman–Crippen MR) is 521 cm³/mol. The summed E-state index contributed by atoms with van der Waals surface area (Å²) < 4.78 is 0. The van der Waals surface area contributed by atoms with E-state index < -0.39 is 0 Å². The molecule has 2 aliphatic carbocycles. The monoisotopic (exact) mass is 1610 g/mol. The van der Waals surface area contributed by atoms with Gasteiger partial charge in [-0.25, -0.2) is 39.9 Å². The third-order valence-corrected chi connectivity index (χ3v) is 25.7. The molecular formula is C118H80N8. The Morgan fingerprint density at radius 2 is 0.460 bits per heavy atom. The maximum absolute atomic E-state index is 5.41. The highest BCUT2D eigenvalue weighted by molar-refractivity contribution is 6.06. The summed E-state index contributed by atoms with van der Waals surface area (Å²) in [4.78, 5) is 42.7. The topological polar surface area (TPSA) is 103 Å². The fourth-order valence-electron chi connectivity index (χ4n) is 19.3. The van der Waals surface area contributed by atoms with E-state index in [4.69, 9.17) is 39.9 Å². The molecule has 18 aromatic carbocycles. The van der Waals surface area contributed by atoms with Crippen molar-refractivity contribution in [3.8, 4) is 158 Å². The smallest absolute Gasteiger partial charge is 0.164 e. The molecular weight excluding hydrogens is 1530 g/mol. The van der Waals surface area contributed by atoms with Crippen molar-refractivity contribution in [1.29, 1.82) is 0 Å². The van der Waals surface area contributed by atoms with Crippen molar-refractivity contribution in [2.24, 2.45) is 0 Å². The van der Waals surface area contributed by atoms with Crippen LogP contribution in [0.5, 0.6) is 0 Å². The highest BCUT2D eigenvalue weighted by Gasteiger charge is 2.38.